The largest absolute Gasteiger partial charge is 0.497 e. The molecule has 0 bridgehead atoms. The van der Waals surface area contributed by atoms with E-state index in [2.05, 4.69) is 15.5 Å². The Morgan fingerprint density at radius 2 is 1.71 bits per heavy atom. The van der Waals surface area contributed by atoms with E-state index in [9.17, 15) is 14.4 Å². The van der Waals surface area contributed by atoms with Crippen molar-refractivity contribution in [3.8, 4) is 5.75 Å². The van der Waals surface area contributed by atoms with E-state index in [0.717, 1.165) is 18.8 Å². The SMILES string of the molecule is COc1ccc(C(=O)NCCCC(=O)N(C)CC(=O)Nc2ccc(N3CCOCC3)cc2)cc1. The number of carbonyl (C=O) groups excluding carboxylic acids is 3. The predicted molar refractivity (Wildman–Crippen MR) is 130 cm³/mol. The molecule has 0 aliphatic carbocycles. The van der Waals surface area contributed by atoms with E-state index in [1.165, 1.54) is 4.90 Å². The maximum Gasteiger partial charge on any atom is 0.251 e. The van der Waals surface area contributed by atoms with Gasteiger partial charge in [0.1, 0.15) is 5.75 Å². The van der Waals surface area contributed by atoms with Gasteiger partial charge in [-0.1, -0.05) is 0 Å². The molecule has 1 fully saturated rings. The van der Waals surface area contributed by atoms with Gasteiger partial charge in [0.15, 0.2) is 0 Å². The third kappa shape index (κ3) is 7.48. The molecule has 1 heterocycles. The molecule has 1 aliphatic heterocycles. The second-order valence-electron chi connectivity index (χ2n) is 8.03. The molecule has 2 N–H and O–H groups in total. The highest BCUT2D eigenvalue weighted by atomic mass is 16.5. The molecule has 0 radical (unpaired) electrons. The van der Waals surface area contributed by atoms with Gasteiger partial charge < -0.3 is 29.9 Å². The number of carbonyl (C=O) groups is 3. The van der Waals surface area contributed by atoms with Crippen LogP contribution in [0, 0.1) is 0 Å². The third-order valence-electron chi connectivity index (χ3n) is 5.54. The number of benzene rings is 2. The number of nitrogens with zero attached hydrogens (tertiary/aromatic N) is 2. The Kier molecular flexibility index (Phi) is 9.28. The zero-order valence-corrected chi connectivity index (χ0v) is 19.7. The molecule has 0 unspecified atom stereocenters. The van der Waals surface area contributed by atoms with E-state index in [-0.39, 0.29) is 30.7 Å². The third-order valence-corrected chi connectivity index (χ3v) is 5.54. The molecule has 9 heteroatoms. The summed E-state index contributed by atoms with van der Waals surface area (Å²) in [4.78, 5) is 40.5. The van der Waals surface area contributed by atoms with E-state index < -0.39 is 0 Å². The first kappa shape index (κ1) is 25.0. The van der Waals surface area contributed by atoms with Crippen LogP contribution in [0.25, 0.3) is 0 Å². The van der Waals surface area contributed by atoms with Crippen molar-refractivity contribution in [3.63, 3.8) is 0 Å². The van der Waals surface area contributed by atoms with Crippen LogP contribution in [0.1, 0.15) is 23.2 Å². The Hall–Kier alpha value is -3.59. The highest BCUT2D eigenvalue weighted by Crippen LogP contribution is 2.19. The van der Waals surface area contributed by atoms with Crippen LogP contribution in [0.5, 0.6) is 5.75 Å². The first-order chi connectivity index (χ1) is 16.5. The van der Waals surface area contributed by atoms with Gasteiger partial charge in [0.2, 0.25) is 11.8 Å². The zero-order valence-electron chi connectivity index (χ0n) is 19.7. The van der Waals surface area contributed by atoms with Gasteiger partial charge in [0.05, 0.1) is 26.9 Å². The lowest BCUT2D eigenvalue weighted by Crippen LogP contribution is -2.36. The molecule has 3 rings (SSSR count). The minimum absolute atomic E-state index is 0.0394. The number of morpholine rings is 1. The number of likely N-dealkylation sites (N-methyl/N-ethyl adjacent to an activating group) is 1. The summed E-state index contributed by atoms with van der Waals surface area (Å²) < 4.78 is 10.4. The van der Waals surface area contributed by atoms with Crippen LogP contribution < -0.4 is 20.3 Å². The number of methoxy groups -OCH3 is 1. The normalized spacial score (nSPS) is 13.2. The first-order valence-electron chi connectivity index (χ1n) is 11.3. The lowest BCUT2D eigenvalue weighted by Gasteiger charge is -2.28. The molecule has 3 amide bonds. The fraction of sp³-hybridized carbons (Fsp3) is 0.400. The van der Waals surface area contributed by atoms with Gasteiger partial charge in [-0.3, -0.25) is 14.4 Å². The maximum absolute atomic E-state index is 12.3. The van der Waals surface area contributed by atoms with Crippen molar-refractivity contribution in [3.05, 3.63) is 54.1 Å². The Bertz CT molecular complexity index is 956. The Morgan fingerprint density at radius 3 is 2.35 bits per heavy atom. The molecule has 0 aromatic heterocycles. The summed E-state index contributed by atoms with van der Waals surface area (Å²) >= 11 is 0. The quantitative estimate of drug-likeness (QED) is 0.519. The molecule has 0 atom stereocenters. The van der Waals surface area contributed by atoms with Crippen LogP contribution in [0.3, 0.4) is 0 Å². The van der Waals surface area contributed by atoms with Crippen molar-refractivity contribution >= 4 is 29.1 Å². The van der Waals surface area contributed by atoms with Gasteiger partial charge in [-0.15, -0.1) is 0 Å². The summed E-state index contributed by atoms with van der Waals surface area (Å²) in [5.41, 5.74) is 2.30. The van der Waals surface area contributed by atoms with Gasteiger partial charge in [0.25, 0.3) is 5.91 Å². The number of ether oxygens (including phenoxy) is 2. The van der Waals surface area contributed by atoms with Crippen molar-refractivity contribution in [1.29, 1.82) is 0 Å². The molecule has 1 saturated heterocycles. The van der Waals surface area contributed by atoms with E-state index in [0.29, 0.717) is 43.2 Å². The number of rotatable bonds is 10. The highest BCUT2D eigenvalue weighted by molar-refractivity contribution is 5.95. The second kappa shape index (κ2) is 12.6. The fourth-order valence-corrected chi connectivity index (χ4v) is 3.56. The van der Waals surface area contributed by atoms with Crippen molar-refractivity contribution in [2.75, 3.05) is 63.8 Å². The summed E-state index contributed by atoms with van der Waals surface area (Å²) in [5.74, 6) is 0.0565. The molecular formula is C25H32N4O5. The van der Waals surface area contributed by atoms with Gasteiger partial charge in [0, 0.05) is 50.0 Å². The zero-order chi connectivity index (χ0) is 24.3. The molecular weight excluding hydrogens is 436 g/mol. The monoisotopic (exact) mass is 468 g/mol. The summed E-state index contributed by atoms with van der Waals surface area (Å²) in [7, 11) is 3.16. The van der Waals surface area contributed by atoms with E-state index >= 15 is 0 Å². The van der Waals surface area contributed by atoms with Crippen molar-refractivity contribution in [2.24, 2.45) is 0 Å². The number of anilines is 2. The van der Waals surface area contributed by atoms with Crippen LogP contribution in [-0.2, 0) is 14.3 Å². The van der Waals surface area contributed by atoms with Gasteiger partial charge >= 0.3 is 0 Å². The minimum Gasteiger partial charge on any atom is -0.497 e. The standard InChI is InChI=1S/C25H32N4O5/c1-28(24(31)4-3-13-26-25(32)19-5-11-22(33-2)12-6-19)18-23(30)27-20-7-9-21(10-8-20)29-14-16-34-17-15-29/h5-12H,3-4,13-18H2,1-2H3,(H,26,32)(H,27,30). The van der Waals surface area contributed by atoms with Crippen LogP contribution in [0.15, 0.2) is 48.5 Å². The smallest absolute Gasteiger partial charge is 0.251 e. The molecule has 1 aliphatic rings. The number of hydrogen-bond acceptors (Lipinski definition) is 6. The predicted octanol–water partition coefficient (Wildman–Crippen LogP) is 2.14. The number of amides is 3. The van der Waals surface area contributed by atoms with Crippen molar-refractivity contribution in [2.45, 2.75) is 12.8 Å². The lowest BCUT2D eigenvalue weighted by molar-refractivity contribution is -0.133. The van der Waals surface area contributed by atoms with Crippen molar-refractivity contribution < 1.29 is 23.9 Å². The average Bonchev–Trinajstić information content (AvgIpc) is 2.87. The highest BCUT2D eigenvalue weighted by Gasteiger charge is 2.14. The van der Waals surface area contributed by atoms with E-state index in [1.807, 2.05) is 24.3 Å². The van der Waals surface area contributed by atoms with Gasteiger partial charge in [-0.25, -0.2) is 0 Å². The molecule has 2 aromatic carbocycles. The summed E-state index contributed by atoms with van der Waals surface area (Å²) in [6.07, 6.45) is 0.719. The second-order valence-corrected chi connectivity index (χ2v) is 8.03. The van der Waals surface area contributed by atoms with Crippen LogP contribution in [0.4, 0.5) is 11.4 Å². The van der Waals surface area contributed by atoms with Crippen molar-refractivity contribution in [1.82, 2.24) is 10.2 Å². The Labute approximate surface area is 200 Å². The Morgan fingerprint density at radius 1 is 1.03 bits per heavy atom. The van der Waals surface area contributed by atoms with E-state index in [4.69, 9.17) is 9.47 Å². The van der Waals surface area contributed by atoms with Crippen LogP contribution >= 0.6 is 0 Å². The van der Waals surface area contributed by atoms with Crippen LogP contribution in [0.2, 0.25) is 0 Å². The Balaban J connectivity index is 1.34. The molecule has 182 valence electrons. The molecule has 0 spiro atoms. The topological polar surface area (TPSA) is 100 Å². The van der Waals surface area contributed by atoms with E-state index in [1.54, 1.807) is 38.4 Å². The summed E-state index contributed by atoms with van der Waals surface area (Å²) in [6, 6.07) is 14.5. The lowest BCUT2D eigenvalue weighted by atomic mass is 10.2. The number of hydrogen-bond donors (Lipinski definition) is 2. The maximum atomic E-state index is 12.3. The fourth-order valence-electron chi connectivity index (χ4n) is 3.56. The summed E-state index contributed by atoms with van der Waals surface area (Å²) in [6.45, 7) is 3.46. The minimum atomic E-state index is -0.261. The first-order valence-corrected chi connectivity index (χ1v) is 11.3. The molecule has 34 heavy (non-hydrogen) atoms. The summed E-state index contributed by atoms with van der Waals surface area (Å²) in [5, 5.41) is 5.62. The molecule has 2 aromatic rings. The average molecular weight is 469 g/mol. The molecule has 0 saturated carbocycles. The van der Waals surface area contributed by atoms with Gasteiger partial charge in [-0.2, -0.15) is 0 Å². The molecule has 9 nitrogen and oxygen atoms in total. The van der Waals surface area contributed by atoms with Gasteiger partial charge in [-0.05, 0) is 55.0 Å². The van der Waals surface area contributed by atoms with Crippen LogP contribution in [-0.4, -0.2) is 76.2 Å². The number of nitrogens with one attached hydrogen (secondary N) is 2.